The number of para-hydroxylation sites is 1. The molecule has 0 saturated carbocycles. The molecule has 2 aromatic rings. The molecular weight excluding hydrogens is 408 g/mol. The van der Waals surface area contributed by atoms with Gasteiger partial charge in [0.1, 0.15) is 0 Å². The van der Waals surface area contributed by atoms with E-state index in [0.29, 0.717) is 6.54 Å². The first-order valence-electron chi connectivity index (χ1n) is 10.9. The van der Waals surface area contributed by atoms with Crippen LogP contribution in [0.2, 0.25) is 0 Å². The lowest BCUT2D eigenvalue weighted by atomic mass is 10.1. The quantitative estimate of drug-likeness (QED) is 0.773. The van der Waals surface area contributed by atoms with E-state index in [-0.39, 0.29) is 24.7 Å². The van der Waals surface area contributed by atoms with E-state index in [1.165, 1.54) is 5.69 Å². The highest BCUT2D eigenvalue weighted by Gasteiger charge is 2.23. The first-order chi connectivity index (χ1) is 15.0. The number of hydrogen-bond donors (Lipinski definition) is 1. The Morgan fingerprint density at radius 1 is 0.968 bits per heavy atom. The average molecular weight is 439 g/mol. The number of nitrogens with zero attached hydrogens (tertiary/aromatic N) is 3. The number of fused-ring (bicyclic) bond motifs is 1. The molecule has 0 radical (unpaired) electrons. The van der Waals surface area contributed by atoms with Gasteiger partial charge in [-0.15, -0.1) is 11.8 Å². The molecule has 2 aromatic carbocycles. The smallest absolute Gasteiger partial charge is 0.227 e. The second kappa shape index (κ2) is 9.75. The van der Waals surface area contributed by atoms with Crippen LogP contribution in [0.3, 0.4) is 0 Å². The van der Waals surface area contributed by atoms with Crippen LogP contribution in [0, 0.1) is 6.92 Å². The number of thioether (sulfide) groups is 1. The molecule has 1 fully saturated rings. The zero-order valence-electron chi connectivity index (χ0n) is 18.3. The van der Waals surface area contributed by atoms with Gasteiger partial charge in [-0.2, -0.15) is 0 Å². The fourth-order valence-corrected chi connectivity index (χ4v) is 5.14. The third-order valence-corrected chi connectivity index (χ3v) is 6.96. The number of benzene rings is 2. The van der Waals surface area contributed by atoms with Crippen LogP contribution in [0.25, 0.3) is 0 Å². The van der Waals surface area contributed by atoms with E-state index in [1.54, 1.807) is 11.8 Å². The zero-order valence-corrected chi connectivity index (χ0v) is 19.1. The Hall–Kier alpha value is -2.51. The summed E-state index contributed by atoms with van der Waals surface area (Å²) in [6.07, 6.45) is 0.396. The number of rotatable bonds is 5. The normalized spacial score (nSPS) is 16.7. The molecule has 6 nitrogen and oxygen atoms in total. The number of carbonyl (C=O) groups excluding carboxylic acids is 2. The maximum Gasteiger partial charge on any atom is 0.227 e. The van der Waals surface area contributed by atoms with Gasteiger partial charge in [0.15, 0.2) is 0 Å². The molecule has 2 heterocycles. The van der Waals surface area contributed by atoms with Crippen molar-refractivity contribution in [3.05, 3.63) is 48.0 Å². The molecule has 0 aromatic heterocycles. The Morgan fingerprint density at radius 2 is 1.74 bits per heavy atom. The van der Waals surface area contributed by atoms with Crippen molar-refractivity contribution in [2.24, 2.45) is 0 Å². The summed E-state index contributed by atoms with van der Waals surface area (Å²) in [5.74, 6) is 0.762. The summed E-state index contributed by atoms with van der Waals surface area (Å²) >= 11 is 1.77. The molecule has 0 spiro atoms. The highest BCUT2D eigenvalue weighted by molar-refractivity contribution is 7.99. The molecule has 2 amide bonds. The molecule has 4 rings (SSSR count). The summed E-state index contributed by atoms with van der Waals surface area (Å²) in [4.78, 5) is 32.9. The molecule has 0 unspecified atom stereocenters. The van der Waals surface area contributed by atoms with Gasteiger partial charge < -0.3 is 20.0 Å². The lowest BCUT2D eigenvalue weighted by Gasteiger charge is -2.35. The number of piperazine rings is 1. The Kier molecular flexibility index (Phi) is 6.83. The van der Waals surface area contributed by atoms with Crippen LogP contribution in [-0.4, -0.2) is 62.2 Å². The number of hydrogen-bond acceptors (Lipinski definition) is 5. The minimum Gasteiger partial charge on any atom is -0.369 e. The summed E-state index contributed by atoms with van der Waals surface area (Å²) in [5, 5.41) is 2.96. The van der Waals surface area contributed by atoms with Crippen molar-refractivity contribution in [2.75, 3.05) is 60.6 Å². The van der Waals surface area contributed by atoms with E-state index in [1.807, 2.05) is 41.3 Å². The fraction of sp³-hybridized carbons (Fsp3) is 0.417. The van der Waals surface area contributed by atoms with E-state index >= 15 is 0 Å². The predicted octanol–water partition coefficient (Wildman–Crippen LogP) is 3.60. The second-order valence-electron chi connectivity index (χ2n) is 8.20. The summed E-state index contributed by atoms with van der Waals surface area (Å²) in [6, 6.07) is 14.0. The fourth-order valence-electron chi connectivity index (χ4n) is 4.14. The predicted molar refractivity (Wildman–Crippen MR) is 128 cm³/mol. The van der Waals surface area contributed by atoms with Crippen LogP contribution >= 0.6 is 11.8 Å². The van der Waals surface area contributed by atoms with Gasteiger partial charge in [-0.25, -0.2) is 0 Å². The number of likely N-dealkylation sites (N-methyl/N-ethyl adjacent to an activating group) is 1. The van der Waals surface area contributed by atoms with Crippen LogP contribution in [0.4, 0.5) is 17.1 Å². The monoisotopic (exact) mass is 438 g/mol. The standard InChI is InChI=1S/C24H30N4O2S/c1-18-17-19(7-8-20(18)27-13-11-26(2)12-14-27)25-23(29)9-10-24(30)28-15-16-31-22-6-4-3-5-21(22)28/h3-8,17H,9-16H2,1-2H3,(H,25,29). The maximum atomic E-state index is 12.7. The number of carbonyl (C=O) groups is 2. The minimum absolute atomic E-state index is 0.00416. The van der Waals surface area contributed by atoms with Gasteiger partial charge in [-0.3, -0.25) is 9.59 Å². The van der Waals surface area contributed by atoms with Gasteiger partial charge in [-0.1, -0.05) is 12.1 Å². The lowest BCUT2D eigenvalue weighted by Crippen LogP contribution is -2.44. The van der Waals surface area contributed by atoms with Gasteiger partial charge >= 0.3 is 0 Å². The van der Waals surface area contributed by atoms with Crippen LogP contribution in [-0.2, 0) is 9.59 Å². The van der Waals surface area contributed by atoms with Crippen molar-refractivity contribution in [1.29, 1.82) is 0 Å². The Bertz CT molecular complexity index is 956. The van der Waals surface area contributed by atoms with Crippen molar-refractivity contribution in [2.45, 2.75) is 24.7 Å². The van der Waals surface area contributed by atoms with E-state index in [4.69, 9.17) is 0 Å². The molecule has 0 aliphatic carbocycles. The zero-order chi connectivity index (χ0) is 21.8. The molecule has 164 valence electrons. The summed E-state index contributed by atoms with van der Waals surface area (Å²) in [5.41, 5.74) is 4.12. The third kappa shape index (κ3) is 5.22. The largest absolute Gasteiger partial charge is 0.369 e. The van der Waals surface area contributed by atoms with E-state index < -0.39 is 0 Å². The van der Waals surface area contributed by atoms with E-state index in [0.717, 1.165) is 53.8 Å². The highest BCUT2D eigenvalue weighted by atomic mass is 32.2. The topological polar surface area (TPSA) is 55.9 Å². The number of nitrogens with one attached hydrogen (secondary N) is 1. The Balaban J connectivity index is 1.31. The van der Waals surface area contributed by atoms with Crippen LogP contribution in [0.15, 0.2) is 47.4 Å². The molecule has 0 atom stereocenters. The summed E-state index contributed by atoms with van der Waals surface area (Å²) < 4.78 is 0. The van der Waals surface area contributed by atoms with Crippen LogP contribution in [0.1, 0.15) is 18.4 Å². The molecule has 0 bridgehead atoms. The number of amides is 2. The first-order valence-corrected chi connectivity index (χ1v) is 11.9. The van der Waals surface area contributed by atoms with Gasteiger partial charge in [0.05, 0.1) is 5.69 Å². The van der Waals surface area contributed by atoms with Crippen molar-refractivity contribution in [3.8, 4) is 0 Å². The van der Waals surface area contributed by atoms with E-state index in [9.17, 15) is 9.59 Å². The van der Waals surface area contributed by atoms with Gasteiger partial charge in [0.2, 0.25) is 11.8 Å². The SMILES string of the molecule is Cc1cc(NC(=O)CCC(=O)N2CCSc3ccccc32)ccc1N1CCN(C)CC1. The highest BCUT2D eigenvalue weighted by Crippen LogP contribution is 2.34. The van der Waals surface area contributed by atoms with Gasteiger partial charge in [0, 0.05) is 67.6 Å². The van der Waals surface area contributed by atoms with Crippen LogP contribution < -0.4 is 15.1 Å². The number of anilines is 3. The minimum atomic E-state index is -0.125. The molecular formula is C24H30N4O2S. The molecule has 7 heteroatoms. The Labute approximate surface area is 188 Å². The van der Waals surface area contributed by atoms with Crippen molar-refractivity contribution in [3.63, 3.8) is 0 Å². The lowest BCUT2D eigenvalue weighted by molar-refractivity contribution is -0.122. The summed E-state index contributed by atoms with van der Waals surface area (Å²) in [6.45, 7) is 6.93. The van der Waals surface area contributed by atoms with Crippen molar-refractivity contribution in [1.82, 2.24) is 4.90 Å². The summed E-state index contributed by atoms with van der Waals surface area (Å²) in [7, 11) is 2.15. The third-order valence-electron chi connectivity index (χ3n) is 5.92. The molecule has 1 saturated heterocycles. The molecule has 2 aliphatic rings. The van der Waals surface area contributed by atoms with Crippen molar-refractivity contribution >= 4 is 40.6 Å². The molecule has 2 aliphatic heterocycles. The average Bonchev–Trinajstić information content (AvgIpc) is 2.78. The number of aryl methyl sites for hydroxylation is 1. The molecule has 1 N–H and O–H groups in total. The van der Waals surface area contributed by atoms with Crippen molar-refractivity contribution < 1.29 is 9.59 Å². The van der Waals surface area contributed by atoms with Gasteiger partial charge in [-0.05, 0) is 49.9 Å². The van der Waals surface area contributed by atoms with Gasteiger partial charge in [0.25, 0.3) is 0 Å². The Morgan fingerprint density at radius 3 is 2.52 bits per heavy atom. The maximum absolute atomic E-state index is 12.7. The van der Waals surface area contributed by atoms with Crippen LogP contribution in [0.5, 0.6) is 0 Å². The second-order valence-corrected chi connectivity index (χ2v) is 9.34. The molecule has 31 heavy (non-hydrogen) atoms. The first kappa shape index (κ1) is 21.7. The van der Waals surface area contributed by atoms with E-state index in [2.05, 4.69) is 35.2 Å².